The lowest BCUT2D eigenvalue weighted by Crippen LogP contribution is -2.35. The number of esters is 1. The Hall–Kier alpha value is -1.72. The fraction of sp³-hybridized carbons (Fsp3) is 0.467. The molecule has 0 N–H and O–H groups in total. The van der Waals surface area contributed by atoms with E-state index in [1.165, 1.54) is 6.92 Å². The quantitative estimate of drug-likeness (QED) is 0.771. The third-order valence-electron chi connectivity index (χ3n) is 2.92. The Bertz CT molecular complexity index is 449. The molecule has 0 atom stereocenters. The number of hydrogen-bond acceptors (Lipinski definition) is 5. The van der Waals surface area contributed by atoms with E-state index in [0.29, 0.717) is 13.2 Å². The highest BCUT2D eigenvalue weighted by Gasteiger charge is 2.25. The average molecular weight is 278 g/mol. The molecule has 2 rings (SSSR count). The lowest BCUT2D eigenvalue weighted by atomic mass is 10.2. The van der Waals surface area contributed by atoms with Crippen molar-refractivity contribution in [3.8, 4) is 0 Å². The van der Waals surface area contributed by atoms with Gasteiger partial charge in [0.2, 0.25) is 0 Å². The monoisotopic (exact) mass is 278 g/mol. The van der Waals surface area contributed by atoms with Crippen molar-refractivity contribution in [3.05, 3.63) is 35.9 Å². The molecule has 0 radical (unpaired) electrons. The van der Waals surface area contributed by atoms with Crippen LogP contribution in [-0.2, 0) is 23.8 Å². The van der Waals surface area contributed by atoms with Crippen LogP contribution in [0.2, 0.25) is 0 Å². The zero-order valence-electron chi connectivity index (χ0n) is 11.4. The number of benzene rings is 1. The first-order chi connectivity index (χ1) is 9.65. The van der Waals surface area contributed by atoms with Gasteiger partial charge in [-0.25, -0.2) is 0 Å². The molecular formula is C15H18O5. The molecule has 0 saturated carbocycles. The molecule has 108 valence electrons. The number of carbonyl (C=O) groups excluding carboxylic acids is 2. The van der Waals surface area contributed by atoms with Crippen LogP contribution >= 0.6 is 0 Å². The van der Waals surface area contributed by atoms with E-state index >= 15 is 0 Å². The Morgan fingerprint density at radius 3 is 2.40 bits per heavy atom. The van der Waals surface area contributed by atoms with Crippen LogP contribution in [0.15, 0.2) is 30.3 Å². The smallest absolute Gasteiger partial charge is 0.306 e. The molecule has 1 aliphatic rings. The van der Waals surface area contributed by atoms with Gasteiger partial charge in [-0.3, -0.25) is 4.79 Å². The third kappa shape index (κ3) is 4.43. The summed E-state index contributed by atoms with van der Waals surface area (Å²) in [5.41, 5.74) is 0.939. The van der Waals surface area contributed by atoms with E-state index in [-0.39, 0.29) is 18.6 Å². The van der Waals surface area contributed by atoms with E-state index in [4.69, 9.17) is 14.2 Å². The molecule has 1 fully saturated rings. The summed E-state index contributed by atoms with van der Waals surface area (Å²) in [7, 11) is 0. The topological polar surface area (TPSA) is 61.8 Å². The second-order valence-electron chi connectivity index (χ2n) is 4.72. The predicted octanol–water partition coefficient (Wildman–Crippen LogP) is 2.01. The zero-order chi connectivity index (χ0) is 14.4. The van der Waals surface area contributed by atoms with Crippen molar-refractivity contribution in [2.75, 3.05) is 13.2 Å². The van der Waals surface area contributed by atoms with E-state index < -0.39 is 18.4 Å². The van der Waals surface area contributed by atoms with Gasteiger partial charge in [0.05, 0.1) is 19.6 Å². The van der Waals surface area contributed by atoms with E-state index in [9.17, 15) is 9.59 Å². The summed E-state index contributed by atoms with van der Waals surface area (Å²) < 4.78 is 16.3. The lowest BCUT2D eigenvalue weighted by Gasteiger charge is -2.29. The molecule has 0 spiro atoms. The van der Waals surface area contributed by atoms with Crippen molar-refractivity contribution >= 4 is 11.8 Å². The SMILES string of the molecule is CC(=O)CCC(=O)OC1COC(c2ccccc2)OC1. The van der Waals surface area contributed by atoms with E-state index in [0.717, 1.165) is 5.56 Å². The third-order valence-corrected chi connectivity index (χ3v) is 2.92. The fourth-order valence-corrected chi connectivity index (χ4v) is 1.88. The maximum absolute atomic E-state index is 11.5. The van der Waals surface area contributed by atoms with Gasteiger partial charge in [0.1, 0.15) is 11.9 Å². The molecule has 1 saturated heterocycles. The molecule has 1 heterocycles. The van der Waals surface area contributed by atoms with Crippen molar-refractivity contribution < 1.29 is 23.8 Å². The Labute approximate surface area is 117 Å². The summed E-state index contributed by atoms with van der Waals surface area (Å²) >= 11 is 0. The number of ketones is 1. The summed E-state index contributed by atoms with van der Waals surface area (Å²) in [6.07, 6.45) is -0.508. The van der Waals surface area contributed by atoms with Crippen LogP contribution in [0.3, 0.4) is 0 Å². The normalized spacial score (nSPS) is 22.2. The van der Waals surface area contributed by atoms with Gasteiger partial charge in [0, 0.05) is 12.0 Å². The van der Waals surface area contributed by atoms with Gasteiger partial charge in [-0.15, -0.1) is 0 Å². The maximum atomic E-state index is 11.5. The highest BCUT2D eigenvalue weighted by molar-refractivity contribution is 5.81. The zero-order valence-corrected chi connectivity index (χ0v) is 11.4. The van der Waals surface area contributed by atoms with Crippen molar-refractivity contribution in [3.63, 3.8) is 0 Å². The minimum atomic E-state index is -0.414. The molecule has 0 bridgehead atoms. The minimum Gasteiger partial charge on any atom is -0.457 e. The average Bonchev–Trinajstić information content (AvgIpc) is 2.47. The summed E-state index contributed by atoms with van der Waals surface area (Å²) in [5, 5.41) is 0. The molecule has 1 aliphatic heterocycles. The molecule has 1 aromatic carbocycles. The first kappa shape index (κ1) is 14.7. The van der Waals surface area contributed by atoms with Crippen LogP contribution in [0.1, 0.15) is 31.6 Å². The van der Waals surface area contributed by atoms with Crippen molar-refractivity contribution in [1.29, 1.82) is 0 Å². The van der Waals surface area contributed by atoms with Crippen LogP contribution in [-0.4, -0.2) is 31.1 Å². The molecule has 0 aliphatic carbocycles. The number of hydrogen-bond donors (Lipinski definition) is 0. The number of rotatable bonds is 5. The van der Waals surface area contributed by atoms with Crippen LogP contribution in [0.5, 0.6) is 0 Å². The summed E-state index contributed by atoms with van der Waals surface area (Å²) in [6, 6.07) is 9.59. The van der Waals surface area contributed by atoms with E-state index in [1.807, 2.05) is 30.3 Å². The van der Waals surface area contributed by atoms with Gasteiger partial charge < -0.3 is 19.0 Å². The first-order valence-corrected chi connectivity index (χ1v) is 6.62. The van der Waals surface area contributed by atoms with Crippen LogP contribution < -0.4 is 0 Å². The van der Waals surface area contributed by atoms with E-state index in [1.54, 1.807) is 0 Å². The molecule has 20 heavy (non-hydrogen) atoms. The van der Waals surface area contributed by atoms with Crippen molar-refractivity contribution in [2.24, 2.45) is 0 Å². The van der Waals surface area contributed by atoms with Gasteiger partial charge in [-0.1, -0.05) is 30.3 Å². The second-order valence-corrected chi connectivity index (χ2v) is 4.72. The number of Topliss-reactive ketones (excluding diaryl/α,β-unsaturated/α-hetero) is 1. The van der Waals surface area contributed by atoms with Gasteiger partial charge >= 0.3 is 5.97 Å². The minimum absolute atomic E-state index is 0.0257. The molecule has 1 aromatic rings. The predicted molar refractivity (Wildman–Crippen MR) is 70.9 cm³/mol. The molecule has 0 amide bonds. The highest BCUT2D eigenvalue weighted by Crippen LogP contribution is 2.23. The Kier molecular flexibility index (Phi) is 5.26. The second kappa shape index (κ2) is 7.17. The Morgan fingerprint density at radius 2 is 1.80 bits per heavy atom. The van der Waals surface area contributed by atoms with Gasteiger partial charge in [0.15, 0.2) is 6.29 Å². The van der Waals surface area contributed by atoms with E-state index in [2.05, 4.69) is 0 Å². The standard InChI is InChI=1S/C15H18O5/c1-11(16)7-8-14(17)20-13-9-18-15(19-10-13)12-5-3-2-4-6-12/h2-6,13,15H,7-10H2,1H3. The molecule has 5 heteroatoms. The summed E-state index contributed by atoms with van der Waals surface area (Å²) in [5.74, 6) is -0.419. The summed E-state index contributed by atoms with van der Waals surface area (Å²) in [6.45, 7) is 2.04. The molecule has 0 aromatic heterocycles. The lowest BCUT2D eigenvalue weighted by molar-refractivity contribution is -0.229. The van der Waals surface area contributed by atoms with Gasteiger partial charge in [-0.05, 0) is 6.92 Å². The largest absolute Gasteiger partial charge is 0.457 e. The maximum Gasteiger partial charge on any atom is 0.306 e. The Morgan fingerprint density at radius 1 is 1.15 bits per heavy atom. The van der Waals surface area contributed by atoms with Crippen LogP contribution in [0.25, 0.3) is 0 Å². The van der Waals surface area contributed by atoms with Crippen LogP contribution in [0.4, 0.5) is 0 Å². The Balaban J connectivity index is 1.74. The molecule has 5 nitrogen and oxygen atoms in total. The highest BCUT2D eigenvalue weighted by atomic mass is 16.7. The number of ether oxygens (including phenoxy) is 3. The van der Waals surface area contributed by atoms with Crippen molar-refractivity contribution in [2.45, 2.75) is 32.2 Å². The van der Waals surface area contributed by atoms with Crippen molar-refractivity contribution in [1.82, 2.24) is 0 Å². The molecular weight excluding hydrogens is 260 g/mol. The van der Waals surface area contributed by atoms with Crippen LogP contribution in [0, 0.1) is 0 Å². The van der Waals surface area contributed by atoms with Gasteiger partial charge in [0.25, 0.3) is 0 Å². The van der Waals surface area contributed by atoms with Gasteiger partial charge in [-0.2, -0.15) is 0 Å². The molecule has 0 unspecified atom stereocenters. The fourth-order valence-electron chi connectivity index (χ4n) is 1.88. The summed E-state index contributed by atoms with van der Waals surface area (Å²) in [4.78, 5) is 22.3. The first-order valence-electron chi connectivity index (χ1n) is 6.62. The number of carbonyl (C=O) groups is 2.